The molecule has 17 heavy (non-hydrogen) atoms. The molecule has 2 nitrogen and oxygen atoms in total. The molecule has 1 N–H and O–H groups in total. The summed E-state index contributed by atoms with van der Waals surface area (Å²) in [6.07, 6.45) is 4.87. The zero-order chi connectivity index (χ0) is 12.4. The molecule has 0 bridgehead atoms. The van der Waals surface area contributed by atoms with Gasteiger partial charge in [-0.1, -0.05) is 18.9 Å². The SMILES string of the molecule is CC(O)c1ccc(N(C)C2CCCC2)c(Br)c1. The average Bonchev–Trinajstić information content (AvgIpc) is 2.81. The summed E-state index contributed by atoms with van der Waals surface area (Å²) in [5.74, 6) is 0. The van der Waals surface area contributed by atoms with E-state index in [-0.39, 0.29) is 0 Å². The van der Waals surface area contributed by atoms with Crippen molar-refractivity contribution in [2.45, 2.75) is 44.8 Å². The van der Waals surface area contributed by atoms with E-state index >= 15 is 0 Å². The van der Waals surface area contributed by atoms with Gasteiger partial charge in [0, 0.05) is 17.6 Å². The van der Waals surface area contributed by atoms with Crippen molar-refractivity contribution in [3.8, 4) is 0 Å². The maximum Gasteiger partial charge on any atom is 0.0762 e. The van der Waals surface area contributed by atoms with Crippen molar-refractivity contribution < 1.29 is 5.11 Å². The van der Waals surface area contributed by atoms with Gasteiger partial charge in [0.2, 0.25) is 0 Å². The monoisotopic (exact) mass is 297 g/mol. The Morgan fingerprint density at radius 2 is 2.00 bits per heavy atom. The minimum Gasteiger partial charge on any atom is -0.389 e. The molecule has 1 saturated carbocycles. The Kier molecular flexibility index (Phi) is 4.10. The Labute approximate surface area is 112 Å². The Morgan fingerprint density at radius 3 is 2.53 bits per heavy atom. The number of hydrogen-bond acceptors (Lipinski definition) is 2. The van der Waals surface area contributed by atoms with Gasteiger partial charge in [-0.05, 0) is 53.4 Å². The third-order valence-corrected chi connectivity index (χ3v) is 4.34. The number of aliphatic hydroxyl groups is 1. The molecule has 1 aromatic carbocycles. The van der Waals surface area contributed by atoms with Gasteiger partial charge in [-0.2, -0.15) is 0 Å². The summed E-state index contributed by atoms with van der Waals surface area (Å²) in [6, 6.07) is 6.80. The Balaban J connectivity index is 2.20. The summed E-state index contributed by atoms with van der Waals surface area (Å²) < 4.78 is 1.07. The van der Waals surface area contributed by atoms with E-state index in [1.54, 1.807) is 6.92 Å². The van der Waals surface area contributed by atoms with Crippen molar-refractivity contribution in [3.63, 3.8) is 0 Å². The van der Waals surface area contributed by atoms with Gasteiger partial charge in [0.15, 0.2) is 0 Å². The summed E-state index contributed by atoms with van der Waals surface area (Å²) in [7, 11) is 2.16. The molecule has 0 aromatic heterocycles. The highest BCUT2D eigenvalue weighted by molar-refractivity contribution is 9.10. The molecule has 0 aliphatic heterocycles. The molecule has 3 heteroatoms. The van der Waals surface area contributed by atoms with Crippen LogP contribution in [0.1, 0.15) is 44.3 Å². The van der Waals surface area contributed by atoms with Gasteiger partial charge in [-0.25, -0.2) is 0 Å². The van der Waals surface area contributed by atoms with E-state index in [1.165, 1.54) is 31.4 Å². The van der Waals surface area contributed by atoms with E-state index in [2.05, 4.69) is 33.9 Å². The van der Waals surface area contributed by atoms with Crippen LogP contribution in [-0.4, -0.2) is 18.2 Å². The Hall–Kier alpha value is -0.540. The second-order valence-electron chi connectivity index (χ2n) is 4.94. The van der Waals surface area contributed by atoms with Crippen LogP contribution in [0.4, 0.5) is 5.69 Å². The standard InChI is InChI=1S/C14H20BrNO/c1-10(17)11-7-8-14(13(15)9-11)16(2)12-5-3-4-6-12/h7-10,12,17H,3-6H2,1-2H3. The number of anilines is 1. The van der Waals surface area contributed by atoms with E-state index in [0.29, 0.717) is 6.04 Å². The molecule has 1 aliphatic carbocycles. The molecule has 1 atom stereocenters. The molecule has 1 aromatic rings. The lowest BCUT2D eigenvalue weighted by atomic mass is 10.1. The van der Waals surface area contributed by atoms with Crippen molar-refractivity contribution in [2.75, 3.05) is 11.9 Å². The molecular weight excluding hydrogens is 278 g/mol. The highest BCUT2D eigenvalue weighted by Crippen LogP contribution is 2.33. The second-order valence-corrected chi connectivity index (χ2v) is 5.79. The Bertz CT molecular complexity index is 386. The second kappa shape index (κ2) is 5.40. The van der Waals surface area contributed by atoms with Gasteiger partial charge in [-0.15, -0.1) is 0 Å². The minimum atomic E-state index is -0.405. The highest BCUT2D eigenvalue weighted by Gasteiger charge is 2.21. The summed E-state index contributed by atoms with van der Waals surface area (Å²) >= 11 is 3.61. The molecule has 0 spiro atoms. The first-order chi connectivity index (χ1) is 8.09. The van der Waals surface area contributed by atoms with E-state index in [9.17, 15) is 5.11 Å². The van der Waals surface area contributed by atoms with Crippen molar-refractivity contribution in [2.24, 2.45) is 0 Å². The van der Waals surface area contributed by atoms with Gasteiger partial charge in [0.25, 0.3) is 0 Å². The number of rotatable bonds is 3. The quantitative estimate of drug-likeness (QED) is 0.915. The van der Waals surface area contributed by atoms with Crippen LogP contribution >= 0.6 is 15.9 Å². The van der Waals surface area contributed by atoms with Crippen LogP contribution in [0.15, 0.2) is 22.7 Å². The summed E-state index contributed by atoms with van der Waals surface area (Å²) in [5.41, 5.74) is 2.18. The normalized spacial score (nSPS) is 18.4. The molecule has 0 radical (unpaired) electrons. The van der Waals surface area contributed by atoms with Crippen LogP contribution in [0, 0.1) is 0 Å². The maximum atomic E-state index is 9.55. The van der Waals surface area contributed by atoms with Crippen LogP contribution < -0.4 is 4.90 Å². The first kappa shape index (κ1) is 12.9. The first-order valence-corrected chi connectivity index (χ1v) is 7.09. The van der Waals surface area contributed by atoms with Crippen LogP contribution in [0.25, 0.3) is 0 Å². The fourth-order valence-electron chi connectivity index (χ4n) is 2.56. The summed E-state index contributed by atoms with van der Waals surface area (Å²) in [6.45, 7) is 1.79. The zero-order valence-electron chi connectivity index (χ0n) is 10.5. The molecule has 0 heterocycles. The van der Waals surface area contributed by atoms with E-state index < -0.39 is 6.10 Å². The van der Waals surface area contributed by atoms with E-state index in [0.717, 1.165) is 10.0 Å². The lowest BCUT2D eigenvalue weighted by Gasteiger charge is -2.28. The molecular formula is C14H20BrNO. The minimum absolute atomic E-state index is 0.405. The topological polar surface area (TPSA) is 23.5 Å². The number of aliphatic hydroxyl groups excluding tert-OH is 1. The smallest absolute Gasteiger partial charge is 0.0762 e. The molecule has 1 fully saturated rings. The zero-order valence-corrected chi connectivity index (χ0v) is 12.1. The van der Waals surface area contributed by atoms with Gasteiger partial charge < -0.3 is 10.0 Å². The third-order valence-electron chi connectivity index (χ3n) is 3.71. The van der Waals surface area contributed by atoms with E-state index in [4.69, 9.17) is 0 Å². The Morgan fingerprint density at radius 1 is 1.35 bits per heavy atom. The van der Waals surface area contributed by atoms with Gasteiger partial charge in [0.1, 0.15) is 0 Å². The molecule has 1 unspecified atom stereocenters. The van der Waals surface area contributed by atoms with Gasteiger partial charge in [0.05, 0.1) is 11.8 Å². The molecule has 1 aliphatic rings. The summed E-state index contributed by atoms with van der Waals surface area (Å²) in [4.78, 5) is 2.36. The largest absolute Gasteiger partial charge is 0.389 e. The van der Waals surface area contributed by atoms with Crippen molar-refractivity contribution >= 4 is 21.6 Å². The van der Waals surface area contributed by atoms with Crippen LogP contribution in [0.5, 0.6) is 0 Å². The predicted molar refractivity (Wildman–Crippen MR) is 75.4 cm³/mol. The third kappa shape index (κ3) is 2.83. The lowest BCUT2D eigenvalue weighted by Crippen LogP contribution is -2.29. The van der Waals surface area contributed by atoms with Crippen molar-refractivity contribution in [3.05, 3.63) is 28.2 Å². The fraction of sp³-hybridized carbons (Fsp3) is 0.571. The number of hydrogen-bond donors (Lipinski definition) is 1. The predicted octanol–water partition coefficient (Wildman–Crippen LogP) is 3.88. The fourth-order valence-corrected chi connectivity index (χ4v) is 3.23. The average molecular weight is 298 g/mol. The van der Waals surface area contributed by atoms with Crippen LogP contribution in [0.2, 0.25) is 0 Å². The number of halogens is 1. The first-order valence-electron chi connectivity index (χ1n) is 6.30. The number of nitrogens with zero attached hydrogens (tertiary/aromatic N) is 1. The molecule has 94 valence electrons. The number of benzene rings is 1. The van der Waals surface area contributed by atoms with E-state index in [1.807, 2.05) is 12.1 Å². The lowest BCUT2D eigenvalue weighted by molar-refractivity contribution is 0.199. The van der Waals surface area contributed by atoms with Crippen LogP contribution in [0.3, 0.4) is 0 Å². The molecule has 2 rings (SSSR count). The van der Waals surface area contributed by atoms with Crippen LogP contribution in [-0.2, 0) is 0 Å². The molecule has 0 saturated heterocycles. The van der Waals surface area contributed by atoms with Crippen molar-refractivity contribution in [1.29, 1.82) is 0 Å². The maximum absolute atomic E-state index is 9.55. The van der Waals surface area contributed by atoms with Gasteiger partial charge >= 0.3 is 0 Å². The highest BCUT2D eigenvalue weighted by atomic mass is 79.9. The van der Waals surface area contributed by atoms with Crippen molar-refractivity contribution in [1.82, 2.24) is 0 Å². The summed E-state index contributed by atoms with van der Waals surface area (Å²) in [5, 5.41) is 9.55. The van der Waals surface area contributed by atoms with Gasteiger partial charge in [-0.3, -0.25) is 0 Å². The molecule has 0 amide bonds.